The van der Waals surface area contributed by atoms with E-state index in [9.17, 15) is 0 Å². The van der Waals surface area contributed by atoms with Gasteiger partial charge in [0.05, 0.1) is 6.61 Å². The minimum absolute atomic E-state index is 0. The molecule has 1 aliphatic heterocycles. The summed E-state index contributed by atoms with van der Waals surface area (Å²) >= 11 is 0. The number of hydrogen-bond donors (Lipinski definition) is 3. The Morgan fingerprint density at radius 3 is 2.64 bits per heavy atom. The van der Waals surface area contributed by atoms with Crippen LogP contribution in [0.5, 0.6) is 0 Å². The molecule has 1 saturated heterocycles. The Kier molecular flexibility index (Phi) is 13.3. The van der Waals surface area contributed by atoms with Crippen LogP contribution in [0, 0.1) is 5.92 Å². The lowest BCUT2D eigenvalue weighted by molar-refractivity contribution is 0.128. The highest BCUT2D eigenvalue weighted by molar-refractivity contribution is 14.0. The maximum Gasteiger partial charge on any atom is 0.191 e. The Hall–Kier alpha value is -0.120. The van der Waals surface area contributed by atoms with Crippen LogP contribution in [-0.4, -0.2) is 75.1 Å². The second kappa shape index (κ2) is 13.3. The molecule has 0 amide bonds. The second-order valence-corrected chi connectivity index (χ2v) is 5.76. The molecular formula is C15H33IN4O2. The van der Waals surface area contributed by atoms with Gasteiger partial charge in [-0.1, -0.05) is 6.92 Å². The first-order valence-electron chi connectivity index (χ1n) is 8.06. The van der Waals surface area contributed by atoms with Crippen LogP contribution in [0.1, 0.15) is 26.7 Å². The first-order chi connectivity index (χ1) is 10.2. The first-order valence-corrected chi connectivity index (χ1v) is 8.06. The number of guanidine groups is 1. The Labute approximate surface area is 152 Å². The fourth-order valence-electron chi connectivity index (χ4n) is 2.34. The van der Waals surface area contributed by atoms with Crippen molar-refractivity contribution in [3.05, 3.63) is 0 Å². The van der Waals surface area contributed by atoms with E-state index in [2.05, 4.69) is 27.4 Å². The van der Waals surface area contributed by atoms with E-state index < -0.39 is 0 Å². The van der Waals surface area contributed by atoms with Crippen molar-refractivity contribution < 1.29 is 9.84 Å². The van der Waals surface area contributed by atoms with Gasteiger partial charge in [-0.3, -0.25) is 4.99 Å². The molecule has 1 rings (SSSR count). The van der Waals surface area contributed by atoms with Crippen molar-refractivity contribution in [2.24, 2.45) is 10.9 Å². The Morgan fingerprint density at radius 2 is 2.09 bits per heavy atom. The number of methoxy groups -OCH3 is 1. The zero-order valence-corrected chi connectivity index (χ0v) is 16.5. The number of nitrogens with zero attached hydrogens (tertiary/aromatic N) is 2. The van der Waals surface area contributed by atoms with Crippen LogP contribution in [0.4, 0.5) is 0 Å². The number of aliphatic hydroxyl groups excluding tert-OH is 1. The first kappa shape index (κ1) is 21.9. The van der Waals surface area contributed by atoms with Crippen molar-refractivity contribution in [2.75, 3.05) is 53.0 Å². The van der Waals surface area contributed by atoms with Gasteiger partial charge in [-0.15, -0.1) is 24.0 Å². The van der Waals surface area contributed by atoms with Crippen LogP contribution in [-0.2, 0) is 4.74 Å². The second-order valence-electron chi connectivity index (χ2n) is 5.76. The number of likely N-dealkylation sites (tertiary alicyclic amines) is 1. The van der Waals surface area contributed by atoms with Gasteiger partial charge >= 0.3 is 0 Å². The van der Waals surface area contributed by atoms with Crippen molar-refractivity contribution >= 4 is 29.9 Å². The van der Waals surface area contributed by atoms with Crippen LogP contribution in [0.3, 0.4) is 0 Å². The SMILES string of the molecule is CCNC(=NCC(C)CO)NC1CCN(CCOC)CC1.I. The van der Waals surface area contributed by atoms with Gasteiger partial charge < -0.3 is 25.4 Å². The quantitative estimate of drug-likeness (QED) is 0.305. The summed E-state index contributed by atoms with van der Waals surface area (Å²) in [4.78, 5) is 6.99. The molecule has 0 aliphatic carbocycles. The van der Waals surface area contributed by atoms with E-state index in [4.69, 9.17) is 9.84 Å². The van der Waals surface area contributed by atoms with Crippen LogP contribution < -0.4 is 10.6 Å². The van der Waals surface area contributed by atoms with Crippen molar-refractivity contribution in [1.29, 1.82) is 0 Å². The molecule has 0 spiro atoms. The summed E-state index contributed by atoms with van der Waals surface area (Å²) in [7, 11) is 1.75. The molecule has 3 N–H and O–H groups in total. The lowest BCUT2D eigenvalue weighted by Crippen LogP contribution is -2.49. The van der Waals surface area contributed by atoms with Crippen molar-refractivity contribution in [3.63, 3.8) is 0 Å². The predicted octanol–water partition coefficient (Wildman–Crippen LogP) is 0.899. The van der Waals surface area contributed by atoms with Crippen LogP contribution in [0.25, 0.3) is 0 Å². The van der Waals surface area contributed by atoms with Gasteiger partial charge in [0.2, 0.25) is 0 Å². The third-order valence-corrected chi connectivity index (χ3v) is 3.76. The minimum atomic E-state index is 0. The third-order valence-electron chi connectivity index (χ3n) is 3.76. The number of ether oxygens (including phenoxy) is 1. The van der Waals surface area contributed by atoms with Gasteiger partial charge in [0.15, 0.2) is 5.96 Å². The lowest BCUT2D eigenvalue weighted by atomic mass is 10.1. The molecule has 1 unspecified atom stereocenters. The Balaban J connectivity index is 0.00000441. The van der Waals surface area contributed by atoms with Crippen LogP contribution in [0.2, 0.25) is 0 Å². The van der Waals surface area contributed by atoms with Crippen LogP contribution >= 0.6 is 24.0 Å². The smallest absolute Gasteiger partial charge is 0.191 e. The van der Waals surface area contributed by atoms with Gasteiger partial charge in [-0.25, -0.2) is 0 Å². The lowest BCUT2D eigenvalue weighted by Gasteiger charge is -2.32. The molecule has 1 aliphatic rings. The highest BCUT2D eigenvalue weighted by atomic mass is 127. The maximum atomic E-state index is 9.07. The predicted molar refractivity (Wildman–Crippen MR) is 102 cm³/mol. The summed E-state index contributed by atoms with van der Waals surface area (Å²) < 4.78 is 5.13. The molecule has 0 radical (unpaired) electrons. The largest absolute Gasteiger partial charge is 0.396 e. The fraction of sp³-hybridized carbons (Fsp3) is 0.933. The van der Waals surface area contributed by atoms with Gasteiger partial charge in [0.1, 0.15) is 0 Å². The molecule has 1 heterocycles. The summed E-state index contributed by atoms with van der Waals surface area (Å²) in [6.45, 7) is 9.79. The van der Waals surface area contributed by atoms with Gasteiger partial charge in [0.25, 0.3) is 0 Å². The highest BCUT2D eigenvalue weighted by Gasteiger charge is 2.19. The molecule has 0 aromatic heterocycles. The zero-order valence-electron chi connectivity index (χ0n) is 14.2. The molecule has 1 atom stereocenters. The van der Waals surface area contributed by atoms with E-state index >= 15 is 0 Å². The number of piperidine rings is 1. The number of aliphatic imine (C=N–C) groups is 1. The maximum absolute atomic E-state index is 9.07. The third kappa shape index (κ3) is 9.12. The molecule has 6 nitrogen and oxygen atoms in total. The topological polar surface area (TPSA) is 69.1 Å². The molecule has 132 valence electrons. The van der Waals surface area contributed by atoms with E-state index in [1.807, 2.05) is 6.92 Å². The van der Waals surface area contributed by atoms with Crippen molar-refractivity contribution in [1.82, 2.24) is 15.5 Å². The summed E-state index contributed by atoms with van der Waals surface area (Å²) in [5.74, 6) is 1.07. The van der Waals surface area contributed by atoms with E-state index in [0.29, 0.717) is 12.6 Å². The molecule has 0 aromatic rings. The number of hydrogen-bond acceptors (Lipinski definition) is 4. The monoisotopic (exact) mass is 428 g/mol. The minimum Gasteiger partial charge on any atom is -0.396 e. The van der Waals surface area contributed by atoms with E-state index in [1.54, 1.807) is 7.11 Å². The van der Waals surface area contributed by atoms with Crippen molar-refractivity contribution in [3.8, 4) is 0 Å². The Bertz CT molecular complexity index is 297. The van der Waals surface area contributed by atoms with Crippen molar-refractivity contribution in [2.45, 2.75) is 32.7 Å². The van der Waals surface area contributed by atoms with E-state index in [1.165, 1.54) is 0 Å². The number of halogens is 1. The van der Waals surface area contributed by atoms with E-state index in [0.717, 1.165) is 51.6 Å². The summed E-state index contributed by atoms with van der Waals surface area (Å²) in [5, 5.41) is 15.9. The van der Waals surface area contributed by atoms with Crippen LogP contribution in [0.15, 0.2) is 4.99 Å². The summed E-state index contributed by atoms with van der Waals surface area (Å²) in [6.07, 6.45) is 2.26. The number of nitrogens with one attached hydrogen (secondary N) is 2. The fourth-order valence-corrected chi connectivity index (χ4v) is 2.34. The van der Waals surface area contributed by atoms with Gasteiger partial charge in [0, 0.05) is 52.5 Å². The number of aliphatic hydroxyl groups is 1. The average molecular weight is 428 g/mol. The molecule has 0 bridgehead atoms. The zero-order chi connectivity index (χ0) is 15.5. The molecule has 1 fully saturated rings. The van der Waals surface area contributed by atoms with E-state index in [-0.39, 0.29) is 36.5 Å². The Morgan fingerprint density at radius 1 is 1.41 bits per heavy atom. The molecule has 7 heteroatoms. The summed E-state index contributed by atoms with van der Waals surface area (Å²) in [5.41, 5.74) is 0. The number of rotatable bonds is 8. The van der Waals surface area contributed by atoms with Gasteiger partial charge in [-0.2, -0.15) is 0 Å². The standard InChI is InChI=1S/C15H32N4O2.HI/c1-4-16-15(17-11-13(2)12-20)18-14-5-7-19(8-6-14)9-10-21-3;/h13-14,20H,4-12H2,1-3H3,(H2,16,17,18);1H. The molecule has 0 saturated carbocycles. The molecule has 22 heavy (non-hydrogen) atoms. The normalized spacial score (nSPS) is 18.6. The summed E-state index contributed by atoms with van der Waals surface area (Å²) in [6, 6.07) is 0.478. The average Bonchev–Trinajstić information content (AvgIpc) is 2.51. The highest BCUT2D eigenvalue weighted by Crippen LogP contribution is 2.09. The molecule has 0 aromatic carbocycles. The van der Waals surface area contributed by atoms with Gasteiger partial charge in [-0.05, 0) is 25.7 Å². The molecular weight excluding hydrogens is 395 g/mol.